The third-order valence-electron chi connectivity index (χ3n) is 3.83. The van der Waals surface area contributed by atoms with E-state index in [4.69, 9.17) is 27.9 Å². The fourth-order valence-corrected chi connectivity index (χ4v) is 3.29. The summed E-state index contributed by atoms with van der Waals surface area (Å²) in [5.74, 6) is -1.13. The van der Waals surface area contributed by atoms with Crippen molar-refractivity contribution in [3.63, 3.8) is 0 Å². The molecule has 0 aromatic carbocycles. The van der Waals surface area contributed by atoms with Crippen LogP contribution in [0.4, 0.5) is 0 Å². The van der Waals surface area contributed by atoms with Gasteiger partial charge in [0.2, 0.25) is 10.5 Å². The normalized spacial score (nSPS) is 25.9. The first-order valence-corrected chi connectivity index (χ1v) is 7.29. The Morgan fingerprint density at radius 3 is 2.45 bits per heavy atom. The molecule has 20 heavy (non-hydrogen) atoms. The third-order valence-corrected chi connectivity index (χ3v) is 4.47. The maximum Gasteiger partial charge on any atom is 0.333 e. The van der Waals surface area contributed by atoms with E-state index >= 15 is 0 Å². The monoisotopic (exact) mass is 320 g/mol. The van der Waals surface area contributed by atoms with Gasteiger partial charge in [0.1, 0.15) is 0 Å². The highest BCUT2D eigenvalue weighted by Gasteiger charge is 2.48. The van der Waals surface area contributed by atoms with Crippen LogP contribution in [0.1, 0.15) is 39.0 Å². The van der Waals surface area contributed by atoms with Gasteiger partial charge in [-0.1, -0.05) is 19.4 Å². The fourth-order valence-electron chi connectivity index (χ4n) is 2.65. The Morgan fingerprint density at radius 1 is 1.30 bits per heavy atom. The molecule has 1 aliphatic carbocycles. The molecule has 0 aliphatic heterocycles. The van der Waals surface area contributed by atoms with Crippen molar-refractivity contribution in [2.24, 2.45) is 11.3 Å². The van der Waals surface area contributed by atoms with E-state index in [1.807, 2.05) is 0 Å². The van der Waals surface area contributed by atoms with Gasteiger partial charge in [-0.25, -0.2) is 4.79 Å². The van der Waals surface area contributed by atoms with Gasteiger partial charge >= 0.3 is 5.97 Å². The second-order valence-corrected chi connectivity index (χ2v) is 5.91. The molecule has 0 N–H and O–H groups in total. The van der Waals surface area contributed by atoms with E-state index in [9.17, 15) is 14.4 Å². The van der Waals surface area contributed by atoms with Crippen LogP contribution in [-0.2, 0) is 19.1 Å². The van der Waals surface area contributed by atoms with Crippen LogP contribution in [0.3, 0.4) is 0 Å². The van der Waals surface area contributed by atoms with Gasteiger partial charge in [0.05, 0.1) is 12.0 Å². The quantitative estimate of drug-likeness (QED) is 0.428. The molecule has 0 bridgehead atoms. The van der Waals surface area contributed by atoms with Crippen molar-refractivity contribution in [3.8, 4) is 0 Å². The lowest BCUT2D eigenvalue weighted by molar-refractivity contribution is -0.143. The van der Waals surface area contributed by atoms with Gasteiger partial charge in [-0.15, -0.1) is 0 Å². The fraction of sp³-hybridized carbons (Fsp3) is 0.643. The molecule has 6 heteroatoms. The van der Waals surface area contributed by atoms with E-state index in [2.05, 4.69) is 6.58 Å². The number of esters is 1. The molecule has 2 unspecified atom stereocenters. The SMILES string of the molecule is C=C(C)C(=O)OCCC1(C(=O)Cl)CCCCC1C(=O)Cl. The van der Waals surface area contributed by atoms with Crippen LogP contribution in [0.15, 0.2) is 12.2 Å². The first-order chi connectivity index (χ1) is 9.31. The van der Waals surface area contributed by atoms with Crippen molar-refractivity contribution in [3.05, 3.63) is 12.2 Å². The lowest BCUT2D eigenvalue weighted by atomic mass is 9.65. The Kier molecular flexibility index (Phi) is 6.21. The molecular formula is C14H18Cl2O4. The van der Waals surface area contributed by atoms with Crippen molar-refractivity contribution < 1.29 is 19.1 Å². The molecule has 0 aromatic rings. The first-order valence-electron chi connectivity index (χ1n) is 6.53. The zero-order valence-electron chi connectivity index (χ0n) is 11.4. The summed E-state index contributed by atoms with van der Waals surface area (Å²) < 4.78 is 5.01. The van der Waals surface area contributed by atoms with Crippen molar-refractivity contribution in [2.45, 2.75) is 39.0 Å². The van der Waals surface area contributed by atoms with Gasteiger partial charge in [0.15, 0.2) is 0 Å². The summed E-state index contributed by atoms with van der Waals surface area (Å²) in [5, 5.41) is -1.13. The summed E-state index contributed by atoms with van der Waals surface area (Å²) in [6.07, 6.45) is 2.87. The smallest absolute Gasteiger partial charge is 0.333 e. The zero-order valence-corrected chi connectivity index (χ0v) is 12.9. The van der Waals surface area contributed by atoms with E-state index < -0.39 is 27.8 Å². The number of carbonyl (C=O) groups excluding carboxylic acids is 3. The number of halogens is 2. The second-order valence-electron chi connectivity index (χ2n) is 5.20. The summed E-state index contributed by atoms with van der Waals surface area (Å²) in [6.45, 7) is 5.03. The van der Waals surface area contributed by atoms with Gasteiger partial charge in [-0.2, -0.15) is 0 Å². The third kappa shape index (κ3) is 3.83. The van der Waals surface area contributed by atoms with Gasteiger partial charge in [0, 0.05) is 11.5 Å². The summed E-state index contributed by atoms with van der Waals surface area (Å²) in [5.41, 5.74) is -0.738. The van der Waals surface area contributed by atoms with Crippen molar-refractivity contribution >= 4 is 39.7 Å². The molecule has 0 saturated heterocycles. The molecule has 0 heterocycles. The largest absolute Gasteiger partial charge is 0.462 e. The average Bonchev–Trinajstić information content (AvgIpc) is 2.38. The Morgan fingerprint density at radius 2 is 1.95 bits per heavy atom. The van der Waals surface area contributed by atoms with Crippen LogP contribution >= 0.6 is 23.2 Å². The maximum absolute atomic E-state index is 11.8. The highest BCUT2D eigenvalue weighted by atomic mass is 35.5. The average molecular weight is 321 g/mol. The van der Waals surface area contributed by atoms with Crippen LogP contribution < -0.4 is 0 Å². The summed E-state index contributed by atoms with van der Waals surface area (Å²) in [7, 11) is 0. The lowest BCUT2D eigenvalue weighted by Crippen LogP contribution is -2.42. The maximum atomic E-state index is 11.8. The first kappa shape index (κ1) is 17.2. The topological polar surface area (TPSA) is 60.4 Å². The van der Waals surface area contributed by atoms with Gasteiger partial charge in [-0.05, 0) is 49.4 Å². The minimum absolute atomic E-state index is 0.0187. The molecule has 1 rings (SSSR count). The van der Waals surface area contributed by atoms with Crippen molar-refractivity contribution in [1.29, 1.82) is 0 Å². The summed E-state index contributed by atoms with van der Waals surface area (Å²) in [6, 6.07) is 0. The number of carbonyl (C=O) groups is 3. The number of ether oxygens (including phenoxy) is 1. The van der Waals surface area contributed by atoms with E-state index in [1.165, 1.54) is 6.92 Å². The predicted molar refractivity (Wildman–Crippen MR) is 76.5 cm³/mol. The van der Waals surface area contributed by atoms with Gasteiger partial charge < -0.3 is 4.74 Å². The van der Waals surface area contributed by atoms with Crippen LogP contribution in [0.25, 0.3) is 0 Å². The van der Waals surface area contributed by atoms with E-state index in [0.717, 1.165) is 12.8 Å². The van der Waals surface area contributed by atoms with Crippen molar-refractivity contribution in [2.75, 3.05) is 6.61 Å². The molecule has 1 fully saturated rings. The highest BCUT2D eigenvalue weighted by molar-refractivity contribution is 6.67. The number of hydrogen-bond donors (Lipinski definition) is 0. The molecular weight excluding hydrogens is 303 g/mol. The van der Waals surface area contributed by atoms with Crippen LogP contribution in [0.5, 0.6) is 0 Å². The number of hydrogen-bond acceptors (Lipinski definition) is 4. The van der Waals surface area contributed by atoms with Gasteiger partial charge in [0.25, 0.3) is 0 Å². The lowest BCUT2D eigenvalue weighted by Gasteiger charge is -2.39. The Bertz CT molecular complexity index is 433. The molecule has 4 nitrogen and oxygen atoms in total. The minimum Gasteiger partial charge on any atom is -0.462 e. The van der Waals surface area contributed by atoms with E-state index in [0.29, 0.717) is 12.8 Å². The highest BCUT2D eigenvalue weighted by Crippen LogP contribution is 2.46. The van der Waals surface area contributed by atoms with Crippen LogP contribution in [0, 0.1) is 11.3 Å². The second kappa shape index (κ2) is 7.23. The predicted octanol–water partition coefficient (Wildman–Crippen LogP) is 3.20. The zero-order chi connectivity index (χ0) is 15.3. The van der Waals surface area contributed by atoms with Crippen LogP contribution in [-0.4, -0.2) is 23.1 Å². The summed E-state index contributed by atoms with van der Waals surface area (Å²) >= 11 is 11.3. The molecule has 2 atom stereocenters. The molecule has 0 radical (unpaired) electrons. The molecule has 0 spiro atoms. The summed E-state index contributed by atoms with van der Waals surface area (Å²) in [4.78, 5) is 34.7. The van der Waals surface area contributed by atoms with Crippen molar-refractivity contribution in [1.82, 2.24) is 0 Å². The van der Waals surface area contributed by atoms with Crippen LogP contribution in [0.2, 0.25) is 0 Å². The van der Waals surface area contributed by atoms with E-state index in [1.54, 1.807) is 0 Å². The number of rotatable bonds is 6. The standard InChI is InChI=1S/C14H18Cl2O4/c1-9(2)12(18)20-8-7-14(13(16)19)6-4-3-5-10(14)11(15)17/h10H,1,3-8H2,2H3. The van der Waals surface area contributed by atoms with Gasteiger partial charge in [-0.3, -0.25) is 9.59 Å². The Labute approximate surface area is 128 Å². The Balaban J connectivity index is 2.80. The Hall–Kier alpha value is -0.870. The minimum atomic E-state index is -1.02. The molecule has 1 aliphatic rings. The van der Waals surface area contributed by atoms with E-state index in [-0.39, 0.29) is 18.6 Å². The molecule has 0 amide bonds. The molecule has 0 aromatic heterocycles. The molecule has 112 valence electrons. The molecule has 1 saturated carbocycles.